The lowest BCUT2D eigenvalue weighted by molar-refractivity contribution is -0.141. The van der Waals surface area contributed by atoms with E-state index in [2.05, 4.69) is 20.2 Å². The van der Waals surface area contributed by atoms with Crippen LogP contribution in [0.25, 0.3) is 0 Å². The summed E-state index contributed by atoms with van der Waals surface area (Å²) in [7, 11) is 0. The second-order valence-electron chi connectivity index (χ2n) is 7.01. The molecule has 1 amide bonds. The van der Waals surface area contributed by atoms with E-state index in [4.69, 9.17) is 0 Å². The molecular weight excluding hydrogens is 347 g/mol. The first-order chi connectivity index (χ1) is 12.3. The lowest BCUT2D eigenvalue weighted by atomic mass is 10.0. The molecular formula is C17H24F3N5O. The highest BCUT2D eigenvalue weighted by Gasteiger charge is 2.33. The fourth-order valence-electron chi connectivity index (χ4n) is 3.80. The number of hydrogen-bond donors (Lipinski definition) is 1. The van der Waals surface area contributed by atoms with Gasteiger partial charge in [-0.1, -0.05) is 0 Å². The van der Waals surface area contributed by atoms with Crippen LogP contribution in [0.3, 0.4) is 0 Å². The monoisotopic (exact) mass is 371 g/mol. The summed E-state index contributed by atoms with van der Waals surface area (Å²) in [6.45, 7) is 5.05. The molecule has 1 unspecified atom stereocenters. The van der Waals surface area contributed by atoms with Crippen LogP contribution in [0.15, 0.2) is 12.4 Å². The van der Waals surface area contributed by atoms with E-state index in [1.54, 1.807) is 6.92 Å². The van der Waals surface area contributed by atoms with Crippen LogP contribution < -0.4 is 5.32 Å². The number of aromatic nitrogens is 2. The number of piperidine rings is 1. The van der Waals surface area contributed by atoms with Crippen molar-refractivity contribution < 1.29 is 18.0 Å². The summed E-state index contributed by atoms with van der Waals surface area (Å²) in [6, 6.07) is 1.33. The molecule has 2 aliphatic rings. The molecule has 1 aromatic rings. The summed E-state index contributed by atoms with van der Waals surface area (Å²) in [4.78, 5) is 23.1. The average molecular weight is 371 g/mol. The van der Waals surface area contributed by atoms with Gasteiger partial charge >= 0.3 is 6.18 Å². The molecule has 0 radical (unpaired) electrons. The Balaban J connectivity index is 1.49. The molecule has 2 aliphatic heterocycles. The highest BCUT2D eigenvalue weighted by atomic mass is 19.4. The van der Waals surface area contributed by atoms with Crippen LogP contribution in [0.2, 0.25) is 0 Å². The van der Waals surface area contributed by atoms with Gasteiger partial charge in [-0.3, -0.25) is 4.79 Å². The summed E-state index contributed by atoms with van der Waals surface area (Å²) in [5.41, 5.74) is -0.932. The Kier molecular flexibility index (Phi) is 5.64. The number of anilines is 1. The van der Waals surface area contributed by atoms with Crippen LogP contribution in [0.1, 0.15) is 38.3 Å². The van der Waals surface area contributed by atoms with Crippen LogP contribution in [0.5, 0.6) is 0 Å². The van der Waals surface area contributed by atoms with Crippen molar-refractivity contribution in [3.05, 3.63) is 18.1 Å². The normalized spacial score (nSPS) is 22.6. The maximum absolute atomic E-state index is 12.7. The van der Waals surface area contributed by atoms with Gasteiger partial charge in [0.25, 0.3) is 0 Å². The Morgan fingerprint density at radius 3 is 2.62 bits per heavy atom. The summed E-state index contributed by atoms with van der Waals surface area (Å²) in [5.74, 6) is 0.345. The molecule has 0 spiro atoms. The van der Waals surface area contributed by atoms with E-state index in [0.29, 0.717) is 0 Å². The van der Waals surface area contributed by atoms with Crippen molar-refractivity contribution in [2.75, 3.05) is 31.5 Å². The number of halogens is 3. The quantitative estimate of drug-likeness (QED) is 0.881. The first-order valence-electron chi connectivity index (χ1n) is 8.98. The first kappa shape index (κ1) is 18.9. The third-order valence-corrected chi connectivity index (χ3v) is 5.15. The second kappa shape index (κ2) is 7.77. The van der Waals surface area contributed by atoms with E-state index < -0.39 is 11.9 Å². The fourth-order valence-corrected chi connectivity index (χ4v) is 3.80. The summed E-state index contributed by atoms with van der Waals surface area (Å²) >= 11 is 0. The van der Waals surface area contributed by atoms with E-state index in [-0.39, 0.29) is 23.8 Å². The lowest BCUT2D eigenvalue weighted by Crippen LogP contribution is -2.46. The molecule has 3 heterocycles. The minimum Gasteiger partial charge on any atom is -0.367 e. The number of likely N-dealkylation sites (tertiary alicyclic amines) is 2. The molecule has 0 aromatic carbocycles. The number of hydrogen-bond acceptors (Lipinski definition) is 5. The molecule has 1 N–H and O–H groups in total. The number of nitrogens with zero attached hydrogens (tertiary/aromatic N) is 4. The van der Waals surface area contributed by atoms with Crippen molar-refractivity contribution in [2.24, 2.45) is 0 Å². The smallest absolute Gasteiger partial charge is 0.367 e. The van der Waals surface area contributed by atoms with Crippen LogP contribution in [-0.2, 0) is 11.0 Å². The van der Waals surface area contributed by atoms with Crippen molar-refractivity contribution in [3.8, 4) is 0 Å². The topological polar surface area (TPSA) is 61.4 Å². The maximum Gasteiger partial charge on any atom is 0.433 e. The molecule has 144 valence electrons. The van der Waals surface area contributed by atoms with Gasteiger partial charge < -0.3 is 15.1 Å². The second-order valence-corrected chi connectivity index (χ2v) is 7.01. The zero-order chi connectivity index (χ0) is 18.7. The van der Waals surface area contributed by atoms with Gasteiger partial charge in [-0.25, -0.2) is 9.97 Å². The van der Waals surface area contributed by atoms with E-state index in [1.807, 2.05) is 4.90 Å². The highest BCUT2D eigenvalue weighted by molar-refractivity contribution is 5.73. The number of nitrogens with one attached hydrogen (secondary N) is 1. The van der Waals surface area contributed by atoms with Gasteiger partial charge in [0, 0.05) is 51.3 Å². The van der Waals surface area contributed by atoms with Crippen molar-refractivity contribution >= 4 is 11.7 Å². The number of rotatable bonds is 4. The van der Waals surface area contributed by atoms with E-state index in [1.165, 1.54) is 0 Å². The van der Waals surface area contributed by atoms with Gasteiger partial charge in [-0.15, -0.1) is 0 Å². The minimum atomic E-state index is -4.47. The largest absolute Gasteiger partial charge is 0.433 e. The predicted octanol–water partition coefficient (Wildman–Crippen LogP) is 2.38. The SMILES string of the molecule is CC(=O)N1CCCC1CN1CCC(Nc2cc(C(F)(F)F)ncn2)CC1. The van der Waals surface area contributed by atoms with Crippen molar-refractivity contribution in [1.29, 1.82) is 0 Å². The Labute approximate surface area is 150 Å². The van der Waals surface area contributed by atoms with Crippen molar-refractivity contribution in [1.82, 2.24) is 19.8 Å². The average Bonchev–Trinajstić information content (AvgIpc) is 3.05. The zero-order valence-electron chi connectivity index (χ0n) is 14.8. The van der Waals surface area contributed by atoms with Gasteiger partial charge in [0.05, 0.1) is 0 Å². The summed E-state index contributed by atoms with van der Waals surface area (Å²) in [5, 5.41) is 3.09. The Hall–Kier alpha value is -1.90. The summed E-state index contributed by atoms with van der Waals surface area (Å²) in [6.07, 6.45) is 0.232. The number of amides is 1. The minimum absolute atomic E-state index is 0.0923. The number of alkyl halides is 3. The maximum atomic E-state index is 12.7. The van der Waals surface area contributed by atoms with E-state index in [9.17, 15) is 18.0 Å². The van der Waals surface area contributed by atoms with Crippen LogP contribution >= 0.6 is 0 Å². The third kappa shape index (κ3) is 4.63. The molecule has 2 saturated heterocycles. The molecule has 6 nitrogen and oxygen atoms in total. The fraction of sp³-hybridized carbons (Fsp3) is 0.706. The van der Waals surface area contributed by atoms with Crippen LogP contribution in [-0.4, -0.2) is 63.9 Å². The van der Waals surface area contributed by atoms with Gasteiger partial charge in [0.2, 0.25) is 5.91 Å². The molecule has 26 heavy (non-hydrogen) atoms. The number of carbonyl (C=O) groups excluding carboxylic acids is 1. The number of carbonyl (C=O) groups is 1. The van der Waals surface area contributed by atoms with Crippen molar-refractivity contribution in [3.63, 3.8) is 0 Å². The predicted molar refractivity (Wildman–Crippen MR) is 90.5 cm³/mol. The zero-order valence-corrected chi connectivity index (χ0v) is 14.8. The standard InChI is InChI=1S/C17H24F3N5O/c1-12(26)25-6-2-3-14(25)10-24-7-4-13(5-8-24)23-16-9-15(17(18,19)20)21-11-22-16/h9,11,13-14H,2-8,10H2,1H3,(H,21,22,23). The van der Waals surface area contributed by atoms with E-state index in [0.717, 1.165) is 64.3 Å². The lowest BCUT2D eigenvalue weighted by Gasteiger charge is -2.36. The molecule has 3 rings (SSSR count). The Morgan fingerprint density at radius 2 is 1.96 bits per heavy atom. The molecule has 1 atom stereocenters. The van der Waals surface area contributed by atoms with E-state index >= 15 is 0 Å². The van der Waals surface area contributed by atoms with Crippen molar-refractivity contribution in [2.45, 2.75) is 50.9 Å². The molecule has 1 aromatic heterocycles. The van der Waals surface area contributed by atoms with Gasteiger partial charge in [-0.05, 0) is 25.7 Å². The highest BCUT2D eigenvalue weighted by Crippen LogP contribution is 2.28. The summed E-state index contributed by atoms with van der Waals surface area (Å²) < 4.78 is 38.2. The van der Waals surface area contributed by atoms with Crippen LogP contribution in [0, 0.1) is 0 Å². The molecule has 2 fully saturated rings. The third-order valence-electron chi connectivity index (χ3n) is 5.15. The molecule has 0 aliphatic carbocycles. The Morgan fingerprint density at radius 1 is 1.23 bits per heavy atom. The van der Waals surface area contributed by atoms with Gasteiger partial charge in [-0.2, -0.15) is 13.2 Å². The van der Waals surface area contributed by atoms with Gasteiger partial charge in [0.1, 0.15) is 17.8 Å². The first-order valence-corrected chi connectivity index (χ1v) is 8.98. The molecule has 0 saturated carbocycles. The molecule has 9 heteroatoms. The molecule has 0 bridgehead atoms. The van der Waals surface area contributed by atoms with Gasteiger partial charge in [0.15, 0.2) is 0 Å². The Bertz CT molecular complexity index is 631. The van der Waals surface area contributed by atoms with Crippen LogP contribution in [0.4, 0.5) is 19.0 Å².